The SMILES string of the molecule is Cc1cc(-c2c(C)cc(C)c(-c3ccccc3C)[n+]2C)[n+](C)cc1C. The van der Waals surface area contributed by atoms with Crippen LogP contribution in [0.25, 0.3) is 22.6 Å². The minimum absolute atomic E-state index is 1.25. The van der Waals surface area contributed by atoms with Crippen molar-refractivity contribution >= 4 is 0 Å². The van der Waals surface area contributed by atoms with Gasteiger partial charge in [-0.1, -0.05) is 18.2 Å². The van der Waals surface area contributed by atoms with Gasteiger partial charge >= 0.3 is 0 Å². The van der Waals surface area contributed by atoms with E-state index in [2.05, 4.69) is 100 Å². The lowest BCUT2D eigenvalue weighted by Crippen LogP contribution is -2.41. The van der Waals surface area contributed by atoms with E-state index < -0.39 is 0 Å². The van der Waals surface area contributed by atoms with E-state index in [4.69, 9.17) is 0 Å². The molecule has 0 saturated carbocycles. The standard InChI is InChI=1S/C23H28N2/c1-15-10-8-9-11-20(15)22-17(3)12-18(4)23(25(22)7)21-13-16(2)19(5)14-24(21)6/h8-14H,1-7H3/q+2. The first-order chi connectivity index (χ1) is 11.8. The van der Waals surface area contributed by atoms with Crippen LogP contribution in [0.15, 0.2) is 42.6 Å². The molecular formula is C23H28N2+2. The normalized spacial score (nSPS) is 11.0. The summed E-state index contributed by atoms with van der Waals surface area (Å²) in [6, 6.07) is 13.2. The topological polar surface area (TPSA) is 7.76 Å². The van der Waals surface area contributed by atoms with Crippen LogP contribution in [0.5, 0.6) is 0 Å². The van der Waals surface area contributed by atoms with Gasteiger partial charge in [-0.3, -0.25) is 0 Å². The first kappa shape index (κ1) is 17.3. The number of aromatic nitrogens is 2. The van der Waals surface area contributed by atoms with E-state index in [0.717, 1.165) is 0 Å². The van der Waals surface area contributed by atoms with Crippen molar-refractivity contribution in [2.45, 2.75) is 34.6 Å². The van der Waals surface area contributed by atoms with Gasteiger partial charge in [-0.2, -0.15) is 9.13 Å². The third-order valence-electron chi connectivity index (χ3n) is 5.24. The molecule has 0 atom stereocenters. The van der Waals surface area contributed by atoms with Gasteiger partial charge in [0.25, 0.3) is 11.4 Å². The minimum atomic E-state index is 1.25. The van der Waals surface area contributed by atoms with Crippen LogP contribution in [0, 0.1) is 34.6 Å². The first-order valence-electron chi connectivity index (χ1n) is 8.84. The maximum absolute atomic E-state index is 2.36. The zero-order chi connectivity index (χ0) is 18.3. The quantitative estimate of drug-likeness (QED) is 0.621. The molecule has 25 heavy (non-hydrogen) atoms. The highest BCUT2D eigenvalue weighted by Gasteiger charge is 2.28. The third kappa shape index (κ3) is 2.97. The van der Waals surface area contributed by atoms with E-state index in [9.17, 15) is 0 Å². The average Bonchev–Trinajstić information content (AvgIpc) is 2.53. The number of hydrogen-bond donors (Lipinski definition) is 0. The molecule has 2 heteroatoms. The van der Waals surface area contributed by atoms with Crippen molar-refractivity contribution in [3.63, 3.8) is 0 Å². The predicted octanol–water partition coefficient (Wildman–Crippen LogP) is 4.21. The fraction of sp³-hybridized carbons (Fsp3) is 0.304. The Morgan fingerprint density at radius 3 is 1.96 bits per heavy atom. The number of pyridine rings is 2. The molecule has 0 N–H and O–H groups in total. The summed E-state index contributed by atoms with van der Waals surface area (Å²) >= 11 is 0. The molecule has 3 aromatic rings. The Morgan fingerprint density at radius 2 is 1.28 bits per heavy atom. The Bertz CT molecular complexity index is 968. The summed E-state index contributed by atoms with van der Waals surface area (Å²) in [5.41, 5.74) is 11.7. The molecule has 3 rings (SSSR count). The minimum Gasteiger partial charge on any atom is -0.196 e. The zero-order valence-corrected chi connectivity index (χ0v) is 16.4. The van der Waals surface area contributed by atoms with Crippen LogP contribution in [0.4, 0.5) is 0 Å². The van der Waals surface area contributed by atoms with E-state index in [-0.39, 0.29) is 0 Å². The van der Waals surface area contributed by atoms with Gasteiger partial charge in [-0.05, 0) is 57.9 Å². The maximum Gasteiger partial charge on any atom is 0.280 e. The van der Waals surface area contributed by atoms with Crippen molar-refractivity contribution in [3.8, 4) is 22.6 Å². The second-order valence-electron chi connectivity index (χ2n) is 7.22. The van der Waals surface area contributed by atoms with Crippen LogP contribution in [-0.2, 0) is 14.1 Å². The van der Waals surface area contributed by atoms with Crippen LogP contribution in [0.1, 0.15) is 27.8 Å². The van der Waals surface area contributed by atoms with Gasteiger partial charge in [-0.15, -0.1) is 0 Å². The molecular weight excluding hydrogens is 304 g/mol. The van der Waals surface area contributed by atoms with Crippen molar-refractivity contribution < 1.29 is 9.13 Å². The Kier molecular flexibility index (Phi) is 4.47. The van der Waals surface area contributed by atoms with Gasteiger partial charge in [0.15, 0.2) is 6.20 Å². The van der Waals surface area contributed by atoms with Gasteiger partial charge in [0, 0.05) is 28.3 Å². The monoisotopic (exact) mass is 332 g/mol. The molecule has 0 spiro atoms. The van der Waals surface area contributed by atoms with Gasteiger partial charge in [0.05, 0.1) is 0 Å². The second kappa shape index (κ2) is 6.44. The molecule has 2 heterocycles. The Hall–Kier alpha value is -2.48. The van der Waals surface area contributed by atoms with Gasteiger partial charge in [0.2, 0.25) is 5.69 Å². The summed E-state index contributed by atoms with van der Waals surface area (Å²) in [5.74, 6) is 0. The summed E-state index contributed by atoms with van der Waals surface area (Å²) in [5, 5.41) is 0. The van der Waals surface area contributed by atoms with Crippen LogP contribution in [0.2, 0.25) is 0 Å². The summed E-state index contributed by atoms with van der Waals surface area (Å²) in [6.45, 7) is 11.0. The van der Waals surface area contributed by atoms with Gasteiger partial charge < -0.3 is 0 Å². The number of nitrogens with zero attached hydrogens (tertiary/aromatic N) is 2. The summed E-state index contributed by atoms with van der Waals surface area (Å²) in [4.78, 5) is 0. The van der Waals surface area contributed by atoms with Gasteiger partial charge in [-0.25, -0.2) is 0 Å². The predicted molar refractivity (Wildman–Crippen MR) is 103 cm³/mol. The molecule has 2 nitrogen and oxygen atoms in total. The lowest BCUT2D eigenvalue weighted by Gasteiger charge is -2.12. The Balaban J connectivity index is 2.36. The number of hydrogen-bond acceptors (Lipinski definition) is 0. The fourth-order valence-electron chi connectivity index (χ4n) is 3.83. The molecule has 0 aliphatic heterocycles. The molecule has 0 saturated heterocycles. The Morgan fingerprint density at radius 1 is 0.640 bits per heavy atom. The molecule has 1 aromatic carbocycles. The number of rotatable bonds is 2. The van der Waals surface area contributed by atoms with Crippen molar-refractivity contribution in [1.29, 1.82) is 0 Å². The number of aryl methyl sites for hydroxylation is 6. The van der Waals surface area contributed by atoms with E-state index in [1.54, 1.807) is 0 Å². The first-order valence-corrected chi connectivity index (χ1v) is 8.84. The van der Waals surface area contributed by atoms with E-state index in [1.165, 1.54) is 50.5 Å². The lowest BCUT2D eigenvalue weighted by atomic mass is 9.97. The highest BCUT2D eigenvalue weighted by atomic mass is 15.0. The van der Waals surface area contributed by atoms with Crippen LogP contribution >= 0.6 is 0 Å². The van der Waals surface area contributed by atoms with E-state index >= 15 is 0 Å². The van der Waals surface area contributed by atoms with Gasteiger partial charge in [0.1, 0.15) is 14.1 Å². The second-order valence-corrected chi connectivity index (χ2v) is 7.22. The number of benzene rings is 1. The molecule has 128 valence electrons. The molecule has 0 aliphatic carbocycles. The van der Waals surface area contributed by atoms with E-state index in [1.807, 2.05) is 0 Å². The molecule has 0 amide bonds. The van der Waals surface area contributed by atoms with Crippen molar-refractivity contribution in [2.24, 2.45) is 14.1 Å². The van der Waals surface area contributed by atoms with Crippen molar-refractivity contribution in [3.05, 3.63) is 70.4 Å². The fourth-order valence-corrected chi connectivity index (χ4v) is 3.83. The molecule has 0 bridgehead atoms. The largest absolute Gasteiger partial charge is 0.280 e. The Labute approximate surface area is 151 Å². The maximum atomic E-state index is 2.36. The molecule has 2 aromatic heterocycles. The average molecular weight is 332 g/mol. The summed E-state index contributed by atoms with van der Waals surface area (Å²) < 4.78 is 4.60. The third-order valence-corrected chi connectivity index (χ3v) is 5.24. The van der Waals surface area contributed by atoms with Crippen molar-refractivity contribution in [1.82, 2.24) is 0 Å². The molecule has 0 radical (unpaired) electrons. The van der Waals surface area contributed by atoms with Crippen LogP contribution in [0.3, 0.4) is 0 Å². The highest BCUT2D eigenvalue weighted by molar-refractivity contribution is 5.67. The lowest BCUT2D eigenvalue weighted by molar-refractivity contribution is -0.685. The smallest absolute Gasteiger partial charge is 0.196 e. The highest BCUT2D eigenvalue weighted by Crippen LogP contribution is 2.28. The van der Waals surface area contributed by atoms with E-state index in [0.29, 0.717) is 0 Å². The zero-order valence-electron chi connectivity index (χ0n) is 16.4. The molecule has 0 unspecified atom stereocenters. The molecule has 0 aliphatic rings. The van der Waals surface area contributed by atoms with Crippen LogP contribution < -0.4 is 9.13 Å². The summed E-state index contributed by atoms with van der Waals surface area (Å²) in [6.07, 6.45) is 2.22. The summed E-state index contributed by atoms with van der Waals surface area (Å²) in [7, 11) is 4.32. The molecule has 0 fully saturated rings. The van der Waals surface area contributed by atoms with Crippen molar-refractivity contribution in [2.75, 3.05) is 0 Å². The van der Waals surface area contributed by atoms with Crippen LogP contribution in [-0.4, -0.2) is 0 Å².